The molecule has 0 heteroatoms. The van der Waals surface area contributed by atoms with Gasteiger partial charge >= 0.3 is 0 Å². The lowest BCUT2D eigenvalue weighted by Crippen LogP contribution is -2.05. The van der Waals surface area contributed by atoms with Crippen molar-refractivity contribution in [2.45, 2.75) is 110 Å². The van der Waals surface area contributed by atoms with Crippen LogP contribution < -0.4 is 0 Å². The zero-order valence-corrected chi connectivity index (χ0v) is 20.9. The molecule has 0 N–H and O–H groups in total. The van der Waals surface area contributed by atoms with Gasteiger partial charge in [0, 0.05) is 0 Å². The summed E-state index contributed by atoms with van der Waals surface area (Å²) in [5.41, 5.74) is 7.16. The van der Waals surface area contributed by atoms with Gasteiger partial charge in [0.1, 0.15) is 0 Å². The first-order valence-corrected chi connectivity index (χ1v) is 13.7. The summed E-state index contributed by atoms with van der Waals surface area (Å²) in [4.78, 5) is 0. The van der Waals surface area contributed by atoms with Crippen molar-refractivity contribution in [2.75, 3.05) is 0 Å². The molecule has 0 heterocycles. The van der Waals surface area contributed by atoms with E-state index < -0.39 is 0 Å². The summed E-state index contributed by atoms with van der Waals surface area (Å²) in [6.07, 6.45) is 22.9. The molecule has 0 fully saturated rings. The Bertz CT molecular complexity index is 778. The number of benzene rings is 2. The topological polar surface area (TPSA) is 0 Å². The van der Waals surface area contributed by atoms with Crippen LogP contribution in [0.2, 0.25) is 0 Å². The fourth-order valence-corrected chi connectivity index (χ4v) is 5.12. The van der Waals surface area contributed by atoms with E-state index in [4.69, 9.17) is 0 Å². The third-order valence-corrected chi connectivity index (χ3v) is 7.35. The van der Waals surface area contributed by atoms with Crippen LogP contribution in [-0.2, 0) is 6.42 Å². The van der Waals surface area contributed by atoms with E-state index in [1.165, 1.54) is 119 Å². The van der Waals surface area contributed by atoms with Crippen LogP contribution in [0.4, 0.5) is 0 Å². The molecule has 0 spiro atoms. The molecule has 0 saturated carbocycles. The van der Waals surface area contributed by atoms with Gasteiger partial charge in [-0.3, -0.25) is 0 Å². The van der Waals surface area contributed by atoms with Gasteiger partial charge in [-0.25, -0.2) is 0 Å². The van der Waals surface area contributed by atoms with Crippen LogP contribution in [0.5, 0.6) is 0 Å². The molecule has 1 unspecified atom stereocenters. The average molecular weight is 431 g/mol. The third-order valence-electron chi connectivity index (χ3n) is 7.35. The standard InChI is InChI=1S/C32H46/c1-3-5-7-9-10-12-14-28-17-21-30(22-18-28)32-25-23-31(24-26-32)29-19-15-27(16-20-29)13-11-8-6-4-2/h17-19,21-27H,3-16,20H2,1-2H3. The van der Waals surface area contributed by atoms with E-state index in [1.807, 2.05) is 0 Å². The predicted molar refractivity (Wildman–Crippen MR) is 143 cm³/mol. The van der Waals surface area contributed by atoms with Crippen LogP contribution in [0.1, 0.15) is 115 Å². The monoisotopic (exact) mass is 430 g/mol. The largest absolute Gasteiger partial charge is 0.0804 e. The Morgan fingerprint density at radius 3 is 1.81 bits per heavy atom. The van der Waals surface area contributed by atoms with E-state index in [-0.39, 0.29) is 0 Å². The second-order valence-electron chi connectivity index (χ2n) is 10.0. The van der Waals surface area contributed by atoms with E-state index in [2.05, 4.69) is 68.5 Å². The predicted octanol–water partition coefficient (Wildman–Crippen LogP) is 10.4. The maximum atomic E-state index is 2.53. The Kier molecular flexibility index (Phi) is 11.1. The highest BCUT2D eigenvalue weighted by Crippen LogP contribution is 2.33. The Morgan fingerprint density at radius 1 is 0.625 bits per heavy atom. The van der Waals surface area contributed by atoms with Crippen molar-refractivity contribution < 1.29 is 0 Å². The molecule has 0 radical (unpaired) electrons. The maximum Gasteiger partial charge on any atom is -0.0184 e. The lowest BCUT2D eigenvalue weighted by Gasteiger charge is -2.22. The quantitative estimate of drug-likeness (QED) is 0.261. The summed E-state index contributed by atoms with van der Waals surface area (Å²) < 4.78 is 0. The summed E-state index contributed by atoms with van der Waals surface area (Å²) in [5.74, 6) is 0.921. The van der Waals surface area contributed by atoms with Gasteiger partial charge in [0.05, 0.1) is 0 Å². The van der Waals surface area contributed by atoms with E-state index in [0.29, 0.717) is 0 Å². The van der Waals surface area contributed by atoms with Crippen LogP contribution in [0.3, 0.4) is 0 Å². The van der Waals surface area contributed by atoms with Crippen molar-refractivity contribution in [1.82, 2.24) is 0 Å². The molecule has 0 bridgehead atoms. The minimum Gasteiger partial charge on any atom is -0.0804 e. The van der Waals surface area contributed by atoms with Crippen LogP contribution in [0.15, 0.2) is 54.6 Å². The van der Waals surface area contributed by atoms with Crippen molar-refractivity contribution in [1.29, 1.82) is 0 Å². The van der Waals surface area contributed by atoms with E-state index in [1.54, 1.807) is 5.57 Å². The minimum atomic E-state index is 0.921. The average Bonchev–Trinajstić information content (AvgIpc) is 2.85. The Hall–Kier alpha value is -1.82. The Labute approximate surface area is 198 Å². The summed E-state index contributed by atoms with van der Waals surface area (Å²) in [5, 5.41) is 0. The van der Waals surface area contributed by atoms with E-state index in [0.717, 1.165) is 5.92 Å². The van der Waals surface area contributed by atoms with Crippen LogP contribution in [0.25, 0.3) is 16.7 Å². The van der Waals surface area contributed by atoms with Crippen LogP contribution in [-0.4, -0.2) is 0 Å². The van der Waals surface area contributed by atoms with Crippen LogP contribution >= 0.6 is 0 Å². The normalized spacial score (nSPS) is 16.2. The maximum absolute atomic E-state index is 2.53. The van der Waals surface area contributed by atoms with E-state index in [9.17, 15) is 0 Å². The molecule has 0 nitrogen and oxygen atoms in total. The number of hydrogen-bond acceptors (Lipinski definition) is 0. The number of unbranched alkanes of at least 4 members (excludes halogenated alkanes) is 8. The second kappa shape index (κ2) is 14.4. The summed E-state index contributed by atoms with van der Waals surface area (Å²) in [6.45, 7) is 4.58. The lowest BCUT2D eigenvalue weighted by molar-refractivity contribution is 0.425. The first-order valence-electron chi connectivity index (χ1n) is 13.7. The van der Waals surface area contributed by atoms with Crippen molar-refractivity contribution in [2.24, 2.45) is 5.92 Å². The summed E-state index contributed by atoms with van der Waals surface area (Å²) >= 11 is 0. The van der Waals surface area contributed by atoms with Gasteiger partial charge in [-0.2, -0.15) is 0 Å². The summed E-state index contributed by atoms with van der Waals surface area (Å²) in [7, 11) is 0. The van der Waals surface area contributed by atoms with Gasteiger partial charge in [0.25, 0.3) is 0 Å². The highest BCUT2D eigenvalue weighted by Gasteiger charge is 2.15. The molecule has 32 heavy (non-hydrogen) atoms. The molecule has 2 aromatic carbocycles. The number of aryl methyl sites for hydroxylation is 1. The van der Waals surface area contributed by atoms with Gasteiger partial charge in [-0.05, 0) is 65.8 Å². The molecular weight excluding hydrogens is 384 g/mol. The molecule has 1 atom stereocenters. The van der Waals surface area contributed by atoms with Gasteiger partial charge in [0.15, 0.2) is 0 Å². The molecule has 174 valence electrons. The molecular formula is C32H46. The number of rotatable bonds is 14. The highest BCUT2D eigenvalue weighted by molar-refractivity contribution is 5.71. The fraction of sp³-hybridized carbons (Fsp3) is 0.562. The van der Waals surface area contributed by atoms with E-state index >= 15 is 0 Å². The number of allylic oxidation sites excluding steroid dienone is 2. The van der Waals surface area contributed by atoms with Gasteiger partial charge < -0.3 is 0 Å². The third kappa shape index (κ3) is 8.27. The summed E-state index contributed by atoms with van der Waals surface area (Å²) in [6, 6.07) is 18.6. The first kappa shape index (κ1) is 24.8. The zero-order chi connectivity index (χ0) is 22.4. The Morgan fingerprint density at radius 2 is 1.19 bits per heavy atom. The number of hydrogen-bond donors (Lipinski definition) is 0. The molecule has 2 aromatic rings. The Balaban J connectivity index is 1.45. The highest BCUT2D eigenvalue weighted by atomic mass is 14.2. The van der Waals surface area contributed by atoms with Crippen molar-refractivity contribution >= 4 is 5.57 Å². The zero-order valence-electron chi connectivity index (χ0n) is 20.9. The van der Waals surface area contributed by atoms with Crippen molar-refractivity contribution in [3.8, 4) is 11.1 Å². The van der Waals surface area contributed by atoms with Crippen molar-refractivity contribution in [3.05, 3.63) is 65.7 Å². The molecule has 0 amide bonds. The molecule has 3 rings (SSSR count). The fourth-order valence-electron chi connectivity index (χ4n) is 5.12. The molecule has 0 aromatic heterocycles. The van der Waals surface area contributed by atoms with Gasteiger partial charge in [-0.15, -0.1) is 0 Å². The second-order valence-corrected chi connectivity index (χ2v) is 10.0. The smallest absolute Gasteiger partial charge is 0.0184 e. The van der Waals surface area contributed by atoms with Gasteiger partial charge in [0.2, 0.25) is 0 Å². The SMILES string of the molecule is CCCCCCCCc1ccc(-c2ccc(C3=CCC(CCCCCC)CC3)cc2)cc1. The van der Waals surface area contributed by atoms with Crippen molar-refractivity contribution in [3.63, 3.8) is 0 Å². The first-order chi connectivity index (χ1) is 15.8. The van der Waals surface area contributed by atoms with Gasteiger partial charge in [-0.1, -0.05) is 133 Å². The molecule has 0 aliphatic heterocycles. The molecule has 1 aliphatic carbocycles. The lowest BCUT2D eigenvalue weighted by atomic mass is 9.83. The molecule has 1 aliphatic rings. The molecule has 0 saturated heterocycles. The van der Waals surface area contributed by atoms with Crippen LogP contribution in [0, 0.1) is 5.92 Å². The minimum absolute atomic E-state index is 0.921.